The Morgan fingerprint density at radius 2 is 2.11 bits per heavy atom. The first-order valence-corrected chi connectivity index (χ1v) is 8.42. The third kappa shape index (κ3) is 2.47. The Hall–Kier alpha value is -0.430. The summed E-state index contributed by atoms with van der Waals surface area (Å²) in [5.41, 5.74) is 6.92. The topological polar surface area (TPSA) is 63.4 Å². The van der Waals surface area contributed by atoms with Gasteiger partial charge in [0, 0.05) is 23.5 Å². The van der Waals surface area contributed by atoms with Crippen molar-refractivity contribution < 1.29 is 8.42 Å². The Balaban J connectivity index is 2.31. The standard InChI is InChI=1S/C12H20N2O2S2/c1-8-6-12(17-10(8)3)18(15,16)14-5-4-11(13)7-9(14)2/h6,9,11H,4-5,7,13H2,1-3H3/t9-,11+/m0/s1. The molecule has 1 aliphatic rings. The molecule has 4 nitrogen and oxygen atoms in total. The number of rotatable bonds is 2. The zero-order valence-electron chi connectivity index (χ0n) is 11.0. The van der Waals surface area contributed by atoms with Gasteiger partial charge in [0.25, 0.3) is 10.0 Å². The van der Waals surface area contributed by atoms with E-state index >= 15 is 0 Å². The SMILES string of the molecule is Cc1cc(S(=O)(=O)N2CC[C@@H](N)C[C@@H]2C)sc1C. The Kier molecular flexibility index (Phi) is 3.82. The molecule has 2 rings (SSSR count). The highest BCUT2D eigenvalue weighted by molar-refractivity contribution is 7.91. The molecule has 0 aliphatic carbocycles. The summed E-state index contributed by atoms with van der Waals surface area (Å²) < 4.78 is 27.2. The molecule has 0 radical (unpaired) electrons. The maximum atomic E-state index is 12.6. The highest BCUT2D eigenvalue weighted by atomic mass is 32.2. The Labute approximate surface area is 113 Å². The average Bonchev–Trinajstić information content (AvgIpc) is 2.59. The molecule has 102 valence electrons. The van der Waals surface area contributed by atoms with E-state index in [0.717, 1.165) is 23.3 Å². The largest absolute Gasteiger partial charge is 0.328 e. The van der Waals surface area contributed by atoms with E-state index in [1.54, 1.807) is 10.4 Å². The van der Waals surface area contributed by atoms with E-state index in [9.17, 15) is 8.42 Å². The number of sulfonamides is 1. The van der Waals surface area contributed by atoms with Crippen molar-refractivity contribution in [2.24, 2.45) is 5.73 Å². The van der Waals surface area contributed by atoms with Gasteiger partial charge in [0.2, 0.25) is 0 Å². The van der Waals surface area contributed by atoms with E-state index in [1.165, 1.54) is 11.3 Å². The van der Waals surface area contributed by atoms with Crippen molar-refractivity contribution in [3.63, 3.8) is 0 Å². The van der Waals surface area contributed by atoms with E-state index in [0.29, 0.717) is 10.8 Å². The summed E-state index contributed by atoms with van der Waals surface area (Å²) in [6, 6.07) is 1.89. The summed E-state index contributed by atoms with van der Waals surface area (Å²) in [7, 11) is -3.34. The fraction of sp³-hybridized carbons (Fsp3) is 0.667. The Morgan fingerprint density at radius 3 is 2.61 bits per heavy atom. The molecule has 2 heterocycles. The summed E-state index contributed by atoms with van der Waals surface area (Å²) in [5, 5.41) is 0. The van der Waals surface area contributed by atoms with Crippen LogP contribution in [0.15, 0.2) is 10.3 Å². The second kappa shape index (κ2) is 4.92. The summed E-state index contributed by atoms with van der Waals surface area (Å²) in [6.07, 6.45) is 1.48. The number of aryl methyl sites for hydroxylation is 2. The summed E-state index contributed by atoms with van der Waals surface area (Å²) >= 11 is 1.36. The lowest BCUT2D eigenvalue weighted by molar-refractivity contribution is 0.247. The van der Waals surface area contributed by atoms with Gasteiger partial charge in [-0.05, 0) is 45.2 Å². The molecule has 1 aromatic rings. The van der Waals surface area contributed by atoms with Crippen molar-refractivity contribution in [1.29, 1.82) is 0 Å². The zero-order valence-corrected chi connectivity index (χ0v) is 12.6. The van der Waals surface area contributed by atoms with Crippen LogP contribution in [0.4, 0.5) is 0 Å². The molecule has 1 aromatic heterocycles. The molecule has 0 unspecified atom stereocenters. The van der Waals surface area contributed by atoms with Crippen molar-refractivity contribution in [3.8, 4) is 0 Å². The molecular weight excluding hydrogens is 268 g/mol. The minimum Gasteiger partial charge on any atom is -0.328 e. The third-order valence-corrected chi connectivity index (χ3v) is 7.18. The average molecular weight is 288 g/mol. The van der Waals surface area contributed by atoms with Crippen LogP contribution in [-0.2, 0) is 10.0 Å². The monoisotopic (exact) mass is 288 g/mol. The van der Waals surface area contributed by atoms with Crippen molar-refractivity contribution in [1.82, 2.24) is 4.31 Å². The van der Waals surface area contributed by atoms with Gasteiger partial charge >= 0.3 is 0 Å². The number of nitrogens with zero attached hydrogens (tertiary/aromatic N) is 1. The normalized spacial score (nSPS) is 26.4. The molecule has 2 atom stereocenters. The minimum atomic E-state index is -3.34. The predicted octanol–water partition coefficient (Wildman–Crippen LogP) is 1.87. The highest BCUT2D eigenvalue weighted by Gasteiger charge is 2.34. The molecule has 0 amide bonds. The number of nitrogens with two attached hydrogens (primary N) is 1. The van der Waals surface area contributed by atoms with Crippen molar-refractivity contribution in [3.05, 3.63) is 16.5 Å². The van der Waals surface area contributed by atoms with Crippen LogP contribution in [0.1, 0.15) is 30.2 Å². The van der Waals surface area contributed by atoms with E-state index in [2.05, 4.69) is 0 Å². The van der Waals surface area contributed by atoms with Gasteiger partial charge in [-0.15, -0.1) is 11.3 Å². The molecule has 0 saturated carbocycles. The molecule has 0 aromatic carbocycles. The first kappa shape index (κ1) is 14.0. The van der Waals surface area contributed by atoms with Crippen molar-refractivity contribution >= 4 is 21.4 Å². The van der Waals surface area contributed by atoms with Gasteiger partial charge in [-0.25, -0.2) is 8.42 Å². The van der Waals surface area contributed by atoms with Gasteiger partial charge in [-0.2, -0.15) is 4.31 Å². The van der Waals surface area contributed by atoms with Crippen LogP contribution in [0, 0.1) is 13.8 Å². The fourth-order valence-corrected chi connectivity index (χ4v) is 5.63. The van der Waals surface area contributed by atoms with Gasteiger partial charge < -0.3 is 5.73 Å². The van der Waals surface area contributed by atoms with Crippen LogP contribution in [0.2, 0.25) is 0 Å². The van der Waals surface area contributed by atoms with Crippen LogP contribution in [0.25, 0.3) is 0 Å². The molecular formula is C12H20N2O2S2. The summed E-state index contributed by atoms with van der Waals surface area (Å²) in [6.45, 7) is 6.36. The first-order chi connectivity index (χ1) is 8.32. The zero-order chi connectivity index (χ0) is 13.5. The van der Waals surface area contributed by atoms with Crippen LogP contribution >= 0.6 is 11.3 Å². The second-order valence-corrected chi connectivity index (χ2v) is 8.43. The summed E-state index contributed by atoms with van der Waals surface area (Å²) in [4.78, 5) is 1.06. The number of thiophene rings is 1. The number of hydrogen-bond donors (Lipinski definition) is 1. The van der Waals surface area contributed by atoms with Crippen LogP contribution in [0.3, 0.4) is 0 Å². The Morgan fingerprint density at radius 1 is 1.44 bits per heavy atom. The molecule has 6 heteroatoms. The summed E-state index contributed by atoms with van der Waals surface area (Å²) in [5.74, 6) is 0. The van der Waals surface area contributed by atoms with Gasteiger partial charge in [0.05, 0.1) is 0 Å². The lowest BCUT2D eigenvalue weighted by Crippen LogP contribution is -2.48. The second-order valence-electron chi connectivity index (χ2n) is 5.05. The quantitative estimate of drug-likeness (QED) is 0.903. The maximum Gasteiger partial charge on any atom is 0.252 e. The van der Waals surface area contributed by atoms with Gasteiger partial charge in [0.15, 0.2) is 0 Å². The molecule has 0 bridgehead atoms. The lowest BCUT2D eigenvalue weighted by Gasteiger charge is -2.34. The highest BCUT2D eigenvalue weighted by Crippen LogP contribution is 2.31. The van der Waals surface area contributed by atoms with Gasteiger partial charge in [-0.1, -0.05) is 0 Å². The van der Waals surface area contributed by atoms with Crippen LogP contribution < -0.4 is 5.73 Å². The van der Waals surface area contributed by atoms with Crippen molar-refractivity contribution in [2.45, 2.75) is 49.9 Å². The van der Waals surface area contributed by atoms with E-state index in [1.807, 2.05) is 20.8 Å². The lowest BCUT2D eigenvalue weighted by atomic mass is 10.0. The van der Waals surface area contributed by atoms with E-state index in [4.69, 9.17) is 5.73 Å². The molecule has 2 N–H and O–H groups in total. The van der Waals surface area contributed by atoms with Crippen molar-refractivity contribution in [2.75, 3.05) is 6.54 Å². The molecule has 0 spiro atoms. The number of piperidine rings is 1. The first-order valence-electron chi connectivity index (χ1n) is 6.17. The van der Waals surface area contributed by atoms with E-state index < -0.39 is 10.0 Å². The van der Waals surface area contributed by atoms with Crippen LogP contribution in [0.5, 0.6) is 0 Å². The maximum absolute atomic E-state index is 12.6. The van der Waals surface area contributed by atoms with E-state index in [-0.39, 0.29) is 12.1 Å². The van der Waals surface area contributed by atoms with Gasteiger partial charge in [-0.3, -0.25) is 0 Å². The smallest absolute Gasteiger partial charge is 0.252 e. The fourth-order valence-electron chi connectivity index (χ4n) is 2.33. The molecule has 1 fully saturated rings. The predicted molar refractivity (Wildman–Crippen MR) is 74.4 cm³/mol. The minimum absolute atomic E-state index is 0.0125. The number of hydrogen-bond acceptors (Lipinski definition) is 4. The molecule has 1 aliphatic heterocycles. The molecule has 18 heavy (non-hydrogen) atoms. The third-order valence-electron chi connectivity index (χ3n) is 3.56. The Bertz CT molecular complexity index is 517. The van der Waals surface area contributed by atoms with Crippen LogP contribution in [-0.4, -0.2) is 31.4 Å². The molecule has 1 saturated heterocycles. The van der Waals surface area contributed by atoms with Gasteiger partial charge in [0.1, 0.15) is 4.21 Å².